The zero-order chi connectivity index (χ0) is 18.7. The number of Topliss-reactive ketones (excluding diaryl/α,β-unsaturated/α-hetero) is 1. The second-order valence-electron chi connectivity index (χ2n) is 8.11. The van der Waals surface area contributed by atoms with Gasteiger partial charge in [-0.3, -0.25) is 4.79 Å². The largest absolute Gasteiger partial charge is 0.380 e. The summed E-state index contributed by atoms with van der Waals surface area (Å²) in [4.78, 5) is 13.2. The fourth-order valence-electron chi connectivity index (χ4n) is 5.70. The quantitative estimate of drug-likeness (QED) is 0.793. The molecule has 26 heavy (non-hydrogen) atoms. The highest BCUT2D eigenvalue weighted by atomic mass is 32.2. The topological polar surface area (TPSA) is 86.5 Å². The zero-order valence-electron chi connectivity index (χ0n) is 15.2. The first kappa shape index (κ1) is 18.3. The van der Waals surface area contributed by atoms with Crippen LogP contribution in [0.5, 0.6) is 5.75 Å². The molecule has 142 valence electrons. The summed E-state index contributed by atoms with van der Waals surface area (Å²) in [7, 11) is -4.04. The smallest absolute Gasteiger partial charge is 0.370 e. The minimum atomic E-state index is -4.04. The molecular formula is C19H25NO4S2. The molecule has 0 aliphatic heterocycles. The van der Waals surface area contributed by atoms with Gasteiger partial charge in [0.25, 0.3) is 0 Å². The molecule has 0 unspecified atom stereocenters. The third kappa shape index (κ3) is 2.88. The van der Waals surface area contributed by atoms with E-state index in [1.165, 1.54) is 17.3 Å². The number of carbonyl (C=O) groups is 1. The fourth-order valence-corrected chi connectivity index (χ4v) is 6.69. The lowest BCUT2D eigenvalue weighted by Crippen LogP contribution is -2.42. The van der Waals surface area contributed by atoms with Crippen LogP contribution in [0.3, 0.4) is 0 Å². The minimum absolute atomic E-state index is 0.127. The van der Waals surface area contributed by atoms with E-state index in [-0.39, 0.29) is 5.41 Å². The van der Waals surface area contributed by atoms with Crippen LogP contribution in [0.15, 0.2) is 17.0 Å². The van der Waals surface area contributed by atoms with E-state index >= 15 is 0 Å². The van der Waals surface area contributed by atoms with E-state index in [0.29, 0.717) is 29.3 Å². The van der Waals surface area contributed by atoms with Crippen LogP contribution in [-0.2, 0) is 21.5 Å². The molecular weight excluding hydrogens is 370 g/mol. The molecule has 0 amide bonds. The molecule has 7 heteroatoms. The number of aryl methyl sites for hydroxylation is 1. The SMILES string of the molecule is CSc1cc2c(cc1OS(N)(=O)=O)CC[C@@H]1[C@@H]2CC[C@]2(C)C(=O)CC[C@@H]12. The normalized spacial score (nSPS) is 33.3. The maximum absolute atomic E-state index is 12.4. The summed E-state index contributed by atoms with van der Waals surface area (Å²) >= 11 is 1.47. The van der Waals surface area contributed by atoms with E-state index in [4.69, 9.17) is 9.32 Å². The molecule has 2 N–H and O–H groups in total. The number of ketones is 1. The van der Waals surface area contributed by atoms with Crippen molar-refractivity contribution in [1.29, 1.82) is 0 Å². The van der Waals surface area contributed by atoms with Crippen molar-refractivity contribution in [1.82, 2.24) is 0 Å². The highest BCUT2D eigenvalue weighted by Gasteiger charge is 2.54. The zero-order valence-corrected chi connectivity index (χ0v) is 16.8. The standard InChI is InChI=1S/C19H25NO4S2/c1-19-8-7-12-13(15(19)5-6-18(19)21)4-3-11-9-16(24-26(20,22)23)17(25-2)10-14(11)12/h9-10,12-13,15H,3-8H2,1-2H3,(H2,20,22,23)/t12-,13+,15-,19-/m0/s1. The van der Waals surface area contributed by atoms with Crippen LogP contribution >= 0.6 is 11.8 Å². The van der Waals surface area contributed by atoms with Gasteiger partial charge >= 0.3 is 10.3 Å². The molecule has 3 aliphatic rings. The Morgan fingerprint density at radius 3 is 2.69 bits per heavy atom. The molecule has 0 aromatic heterocycles. The fraction of sp³-hybridized carbons (Fsp3) is 0.632. The van der Waals surface area contributed by atoms with E-state index in [2.05, 4.69) is 13.0 Å². The van der Waals surface area contributed by atoms with Gasteiger partial charge in [-0.2, -0.15) is 13.6 Å². The minimum Gasteiger partial charge on any atom is -0.370 e. The molecule has 1 aromatic rings. The van der Waals surface area contributed by atoms with Crippen molar-refractivity contribution in [2.24, 2.45) is 22.4 Å². The lowest BCUT2D eigenvalue weighted by molar-refractivity contribution is -0.129. The maximum atomic E-state index is 12.4. The van der Waals surface area contributed by atoms with Crippen molar-refractivity contribution in [3.63, 3.8) is 0 Å². The Morgan fingerprint density at radius 2 is 2.00 bits per heavy atom. The summed E-state index contributed by atoms with van der Waals surface area (Å²) in [6, 6.07) is 3.95. The van der Waals surface area contributed by atoms with Gasteiger partial charge in [0, 0.05) is 11.8 Å². The van der Waals surface area contributed by atoms with Crippen molar-refractivity contribution >= 4 is 27.8 Å². The first-order chi connectivity index (χ1) is 12.2. The summed E-state index contributed by atoms with van der Waals surface area (Å²) in [5.41, 5.74) is 2.35. The van der Waals surface area contributed by atoms with Gasteiger partial charge in [-0.15, -0.1) is 11.8 Å². The molecule has 0 saturated heterocycles. The van der Waals surface area contributed by atoms with E-state index in [1.807, 2.05) is 12.3 Å². The van der Waals surface area contributed by atoms with Gasteiger partial charge in [-0.1, -0.05) is 6.92 Å². The summed E-state index contributed by atoms with van der Waals surface area (Å²) in [5.74, 6) is 2.27. The molecule has 0 radical (unpaired) electrons. The van der Waals surface area contributed by atoms with Gasteiger partial charge in [-0.05, 0) is 79.4 Å². The summed E-state index contributed by atoms with van der Waals surface area (Å²) < 4.78 is 27.8. The molecule has 2 fully saturated rings. The van der Waals surface area contributed by atoms with Crippen molar-refractivity contribution in [2.45, 2.75) is 56.3 Å². The van der Waals surface area contributed by atoms with E-state index in [0.717, 1.165) is 49.0 Å². The van der Waals surface area contributed by atoms with Gasteiger partial charge < -0.3 is 4.18 Å². The van der Waals surface area contributed by atoms with Crippen LogP contribution in [-0.4, -0.2) is 20.5 Å². The Labute approximate surface area is 159 Å². The average Bonchev–Trinajstić information content (AvgIpc) is 2.88. The number of hydrogen-bond donors (Lipinski definition) is 1. The Bertz CT molecular complexity index is 867. The first-order valence-electron chi connectivity index (χ1n) is 9.19. The second-order valence-corrected chi connectivity index (χ2v) is 10.1. The van der Waals surface area contributed by atoms with Gasteiger partial charge in [0.05, 0.1) is 4.90 Å². The molecule has 3 aliphatic carbocycles. The van der Waals surface area contributed by atoms with Crippen LogP contribution in [0.25, 0.3) is 0 Å². The molecule has 0 spiro atoms. The number of hydrogen-bond acceptors (Lipinski definition) is 5. The van der Waals surface area contributed by atoms with E-state index in [9.17, 15) is 13.2 Å². The van der Waals surface area contributed by atoms with Gasteiger partial charge in [0.1, 0.15) is 5.78 Å². The van der Waals surface area contributed by atoms with Crippen LogP contribution in [0.2, 0.25) is 0 Å². The lowest BCUT2D eigenvalue weighted by Gasteiger charge is -2.48. The third-order valence-corrected chi connectivity index (χ3v) is 8.09. The monoisotopic (exact) mass is 395 g/mol. The van der Waals surface area contributed by atoms with E-state index < -0.39 is 10.3 Å². The van der Waals surface area contributed by atoms with Crippen LogP contribution in [0.1, 0.15) is 56.1 Å². The van der Waals surface area contributed by atoms with Crippen LogP contribution < -0.4 is 9.32 Å². The Balaban J connectivity index is 1.72. The van der Waals surface area contributed by atoms with Gasteiger partial charge in [0.2, 0.25) is 0 Å². The van der Waals surface area contributed by atoms with Crippen LogP contribution in [0, 0.1) is 17.3 Å². The van der Waals surface area contributed by atoms with Crippen LogP contribution in [0.4, 0.5) is 0 Å². The Morgan fingerprint density at radius 1 is 1.23 bits per heavy atom. The predicted octanol–water partition coefficient (Wildman–Crippen LogP) is 3.42. The Kier molecular flexibility index (Phi) is 4.40. The summed E-state index contributed by atoms with van der Waals surface area (Å²) in [6.45, 7) is 2.18. The molecule has 2 saturated carbocycles. The van der Waals surface area contributed by atoms with Gasteiger partial charge in [0.15, 0.2) is 5.75 Å². The molecule has 0 heterocycles. The number of benzene rings is 1. The number of thioether (sulfide) groups is 1. The highest BCUT2D eigenvalue weighted by Crippen LogP contribution is 2.60. The lowest BCUT2D eigenvalue weighted by atomic mass is 9.55. The van der Waals surface area contributed by atoms with E-state index in [1.54, 1.807) is 0 Å². The van der Waals surface area contributed by atoms with Crippen molar-refractivity contribution in [3.05, 3.63) is 23.3 Å². The number of fused-ring (bicyclic) bond motifs is 5. The van der Waals surface area contributed by atoms with Crippen molar-refractivity contribution in [2.75, 3.05) is 6.26 Å². The van der Waals surface area contributed by atoms with Gasteiger partial charge in [-0.25, -0.2) is 0 Å². The molecule has 4 atom stereocenters. The number of nitrogens with two attached hydrogens (primary N) is 1. The first-order valence-corrected chi connectivity index (χ1v) is 11.9. The average molecular weight is 396 g/mol. The Hall–Kier alpha value is -1.05. The maximum Gasteiger partial charge on any atom is 0.380 e. The predicted molar refractivity (Wildman–Crippen MR) is 102 cm³/mol. The van der Waals surface area contributed by atoms with Crippen molar-refractivity contribution < 1.29 is 17.4 Å². The summed E-state index contributed by atoms with van der Waals surface area (Å²) in [6.07, 6.45) is 7.60. The molecule has 5 nitrogen and oxygen atoms in total. The van der Waals surface area contributed by atoms with Crippen molar-refractivity contribution in [3.8, 4) is 5.75 Å². The number of rotatable bonds is 3. The molecule has 0 bridgehead atoms. The number of carbonyl (C=O) groups excluding carboxylic acids is 1. The molecule has 4 rings (SSSR count). The second kappa shape index (κ2) is 6.24. The third-order valence-electron chi connectivity index (χ3n) is 6.92. The molecule has 1 aromatic carbocycles. The highest BCUT2D eigenvalue weighted by molar-refractivity contribution is 7.98. The summed E-state index contributed by atoms with van der Waals surface area (Å²) in [5, 5.41) is 5.07.